The number of nitro benzene ring substituents is 1. The van der Waals surface area contributed by atoms with Crippen molar-refractivity contribution in [3.63, 3.8) is 0 Å². The Balaban J connectivity index is 2.02. The van der Waals surface area contributed by atoms with Gasteiger partial charge in [-0.2, -0.15) is 0 Å². The van der Waals surface area contributed by atoms with E-state index in [0.29, 0.717) is 6.54 Å². The van der Waals surface area contributed by atoms with Gasteiger partial charge in [-0.1, -0.05) is 26.0 Å². The lowest BCUT2D eigenvalue weighted by Gasteiger charge is -2.12. The number of hydrogen-bond acceptors (Lipinski definition) is 7. The molecular weight excluding hydrogens is 418 g/mol. The van der Waals surface area contributed by atoms with Crippen LogP contribution in [0, 0.1) is 16.0 Å². The van der Waals surface area contributed by atoms with E-state index in [0.717, 1.165) is 6.07 Å². The minimum Gasteiger partial charge on any atom is -0.487 e. The standard InChI is InChI=1S/C22H25N3O7/c1-4-31-19-10-9-15(11-18(19)25(29)30)22(28)32-13-20(26)24-17-8-6-5-7-16(17)21(27)23-12-14(2)3/h5-11,14H,4,12-13H2,1-3H3,(H,23,27)(H,24,26). The number of nitrogens with zero attached hydrogens (tertiary/aromatic N) is 1. The molecule has 0 radical (unpaired) electrons. The third-order valence-electron chi connectivity index (χ3n) is 4.14. The minimum absolute atomic E-state index is 0.0270. The predicted octanol–water partition coefficient (Wildman–Crippen LogP) is 3.17. The summed E-state index contributed by atoms with van der Waals surface area (Å²) in [5.41, 5.74) is 0.0648. The Kier molecular flexibility index (Phi) is 8.70. The quantitative estimate of drug-likeness (QED) is 0.327. The Morgan fingerprint density at radius 3 is 2.50 bits per heavy atom. The van der Waals surface area contributed by atoms with Crippen LogP contribution in [0.5, 0.6) is 5.75 Å². The molecule has 32 heavy (non-hydrogen) atoms. The molecule has 0 spiro atoms. The number of nitro groups is 1. The van der Waals surface area contributed by atoms with Crippen LogP contribution < -0.4 is 15.4 Å². The van der Waals surface area contributed by atoms with Crippen LogP contribution in [-0.2, 0) is 9.53 Å². The number of esters is 1. The molecule has 2 rings (SSSR count). The summed E-state index contributed by atoms with van der Waals surface area (Å²) in [6.45, 7) is 5.66. The summed E-state index contributed by atoms with van der Waals surface area (Å²) in [6.07, 6.45) is 0. The summed E-state index contributed by atoms with van der Waals surface area (Å²) in [5.74, 6) is -1.62. The van der Waals surface area contributed by atoms with Crippen molar-refractivity contribution in [3.05, 3.63) is 63.7 Å². The van der Waals surface area contributed by atoms with Crippen LogP contribution >= 0.6 is 0 Å². The Hall–Kier alpha value is -3.95. The van der Waals surface area contributed by atoms with E-state index in [-0.39, 0.29) is 46.7 Å². The average molecular weight is 443 g/mol. The van der Waals surface area contributed by atoms with E-state index in [1.807, 2.05) is 13.8 Å². The second-order valence-electron chi connectivity index (χ2n) is 7.15. The minimum atomic E-state index is -0.908. The van der Waals surface area contributed by atoms with Gasteiger partial charge in [0.15, 0.2) is 12.4 Å². The first kappa shape index (κ1) is 24.3. The maximum Gasteiger partial charge on any atom is 0.338 e. The van der Waals surface area contributed by atoms with Crippen molar-refractivity contribution < 1.29 is 28.8 Å². The summed E-state index contributed by atoms with van der Waals surface area (Å²) in [4.78, 5) is 47.4. The van der Waals surface area contributed by atoms with Crippen LogP contribution in [0.15, 0.2) is 42.5 Å². The lowest BCUT2D eigenvalue weighted by molar-refractivity contribution is -0.385. The molecule has 0 heterocycles. The van der Waals surface area contributed by atoms with Gasteiger partial charge in [0.25, 0.3) is 11.8 Å². The Morgan fingerprint density at radius 1 is 1.12 bits per heavy atom. The SMILES string of the molecule is CCOc1ccc(C(=O)OCC(=O)Nc2ccccc2C(=O)NCC(C)C)cc1[N+](=O)[O-]. The zero-order valence-electron chi connectivity index (χ0n) is 18.0. The fraction of sp³-hybridized carbons (Fsp3) is 0.318. The monoisotopic (exact) mass is 443 g/mol. The lowest BCUT2D eigenvalue weighted by Crippen LogP contribution is -2.29. The number of rotatable bonds is 10. The van der Waals surface area contributed by atoms with Crippen LogP contribution in [0.1, 0.15) is 41.5 Å². The van der Waals surface area contributed by atoms with Crippen LogP contribution in [0.2, 0.25) is 0 Å². The Morgan fingerprint density at radius 2 is 1.84 bits per heavy atom. The highest BCUT2D eigenvalue weighted by Crippen LogP contribution is 2.28. The highest BCUT2D eigenvalue weighted by Gasteiger charge is 2.20. The van der Waals surface area contributed by atoms with Crippen molar-refractivity contribution in [2.75, 3.05) is 25.1 Å². The van der Waals surface area contributed by atoms with Gasteiger partial charge in [0.2, 0.25) is 0 Å². The molecular formula is C22H25N3O7. The normalized spacial score (nSPS) is 10.4. The van der Waals surface area contributed by atoms with Crippen LogP contribution in [0.4, 0.5) is 11.4 Å². The zero-order valence-corrected chi connectivity index (χ0v) is 18.0. The van der Waals surface area contributed by atoms with E-state index in [1.165, 1.54) is 12.1 Å². The van der Waals surface area contributed by atoms with Gasteiger partial charge in [0.1, 0.15) is 0 Å². The van der Waals surface area contributed by atoms with Crippen LogP contribution in [0.3, 0.4) is 0 Å². The summed E-state index contributed by atoms with van der Waals surface area (Å²) in [7, 11) is 0. The first-order valence-electron chi connectivity index (χ1n) is 9.98. The number of hydrogen-bond donors (Lipinski definition) is 2. The zero-order chi connectivity index (χ0) is 23.7. The summed E-state index contributed by atoms with van der Waals surface area (Å²) in [5, 5.41) is 16.5. The highest BCUT2D eigenvalue weighted by molar-refractivity contribution is 6.04. The number of ether oxygens (including phenoxy) is 2. The van der Waals surface area contributed by atoms with Crippen molar-refractivity contribution in [1.29, 1.82) is 0 Å². The fourth-order valence-electron chi connectivity index (χ4n) is 2.65. The van der Waals surface area contributed by atoms with Crippen molar-refractivity contribution in [2.24, 2.45) is 5.92 Å². The molecule has 2 aromatic rings. The number of carbonyl (C=O) groups excluding carboxylic acids is 3. The van der Waals surface area contributed by atoms with Crippen LogP contribution in [0.25, 0.3) is 0 Å². The Bertz CT molecular complexity index is 1000. The molecule has 0 atom stereocenters. The molecule has 10 heteroatoms. The lowest BCUT2D eigenvalue weighted by atomic mass is 10.1. The van der Waals surface area contributed by atoms with Gasteiger partial charge in [-0.3, -0.25) is 19.7 Å². The largest absolute Gasteiger partial charge is 0.487 e. The molecule has 170 valence electrons. The van der Waals surface area contributed by atoms with Crippen LogP contribution in [-0.4, -0.2) is 42.5 Å². The van der Waals surface area contributed by atoms with Gasteiger partial charge in [-0.15, -0.1) is 0 Å². The van der Waals surface area contributed by atoms with Crippen molar-refractivity contribution in [1.82, 2.24) is 5.32 Å². The molecule has 0 unspecified atom stereocenters. The first-order chi connectivity index (χ1) is 15.2. The number of amides is 2. The molecule has 2 N–H and O–H groups in total. The van der Waals surface area contributed by atoms with Crippen molar-refractivity contribution >= 4 is 29.2 Å². The molecule has 0 saturated carbocycles. The molecule has 2 aromatic carbocycles. The van der Waals surface area contributed by atoms with Gasteiger partial charge < -0.3 is 20.1 Å². The second kappa shape index (κ2) is 11.4. The number of anilines is 1. The van der Waals surface area contributed by atoms with Gasteiger partial charge in [0.05, 0.1) is 28.3 Å². The number of carbonyl (C=O) groups is 3. The van der Waals surface area contributed by atoms with E-state index in [1.54, 1.807) is 31.2 Å². The van der Waals surface area contributed by atoms with Gasteiger partial charge in [0, 0.05) is 12.6 Å². The molecule has 0 aliphatic heterocycles. The first-order valence-corrected chi connectivity index (χ1v) is 9.98. The van der Waals surface area contributed by atoms with Gasteiger partial charge in [-0.25, -0.2) is 4.79 Å². The third-order valence-corrected chi connectivity index (χ3v) is 4.14. The van der Waals surface area contributed by atoms with Crippen molar-refractivity contribution in [3.8, 4) is 5.75 Å². The van der Waals surface area contributed by atoms with Gasteiger partial charge in [-0.05, 0) is 37.1 Å². The summed E-state index contributed by atoms with van der Waals surface area (Å²) >= 11 is 0. The second-order valence-corrected chi connectivity index (χ2v) is 7.15. The molecule has 0 fully saturated rings. The summed E-state index contributed by atoms with van der Waals surface area (Å²) in [6, 6.07) is 10.1. The molecule has 0 bridgehead atoms. The molecule has 0 saturated heterocycles. The molecule has 0 aliphatic carbocycles. The number of nitrogens with one attached hydrogen (secondary N) is 2. The molecule has 10 nitrogen and oxygen atoms in total. The molecule has 0 aromatic heterocycles. The molecule has 0 aliphatic rings. The number of para-hydroxylation sites is 1. The van der Waals surface area contributed by atoms with E-state index < -0.39 is 23.4 Å². The predicted molar refractivity (Wildman–Crippen MR) is 117 cm³/mol. The summed E-state index contributed by atoms with van der Waals surface area (Å²) < 4.78 is 10.1. The number of benzene rings is 2. The average Bonchev–Trinajstić information content (AvgIpc) is 2.76. The molecule has 2 amide bonds. The van der Waals surface area contributed by atoms with Crippen molar-refractivity contribution in [2.45, 2.75) is 20.8 Å². The van der Waals surface area contributed by atoms with E-state index in [4.69, 9.17) is 9.47 Å². The van der Waals surface area contributed by atoms with E-state index >= 15 is 0 Å². The maximum absolute atomic E-state index is 12.4. The van der Waals surface area contributed by atoms with Gasteiger partial charge >= 0.3 is 11.7 Å². The third kappa shape index (κ3) is 6.79. The maximum atomic E-state index is 12.4. The van der Waals surface area contributed by atoms with E-state index in [2.05, 4.69) is 10.6 Å². The Labute approximate surface area is 185 Å². The van der Waals surface area contributed by atoms with E-state index in [9.17, 15) is 24.5 Å². The smallest absolute Gasteiger partial charge is 0.338 e. The highest BCUT2D eigenvalue weighted by atomic mass is 16.6. The fourth-order valence-corrected chi connectivity index (χ4v) is 2.65. The topological polar surface area (TPSA) is 137 Å².